The van der Waals surface area contributed by atoms with Crippen molar-refractivity contribution >= 4 is 16.8 Å². The Morgan fingerprint density at radius 1 is 1.26 bits per heavy atom. The molecule has 0 bridgehead atoms. The van der Waals surface area contributed by atoms with Gasteiger partial charge in [-0.05, 0) is 49.9 Å². The Kier molecular flexibility index (Phi) is 4.51. The molecule has 2 aromatic rings. The minimum atomic E-state index is -0.0153. The summed E-state index contributed by atoms with van der Waals surface area (Å²) in [6, 6.07) is 7.92. The van der Waals surface area contributed by atoms with Crippen LogP contribution < -0.4 is 10.1 Å². The molecule has 0 spiro atoms. The number of amides is 1. The molecule has 0 aliphatic heterocycles. The van der Waals surface area contributed by atoms with E-state index in [0.29, 0.717) is 11.5 Å². The summed E-state index contributed by atoms with van der Waals surface area (Å²) in [7, 11) is 1.64. The second-order valence-corrected chi connectivity index (χ2v) is 6.52. The highest BCUT2D eigenvalue weighted by Gasteiger charge is 2.24. The van der Waals surface area contributed by atoms with E-state index in [1.165, 1.54) is 19.3 Å². The largest absolute Gasteiger partial charge is 0.497 e. The van der Waals surface area contributed by atoms with Crippen molar-refractivity contribution in [1.82, 2.24) is 10.3 Å². The first-order chi connectivity index (χ1) is 11.1. The van der Waals surface area contributed by atoms with Crippen LogP contribution in [0, 0.1) is 12.8 Å². The number of fused-ring (bicyclic) bond motifs is 1. The molecule has 1 saturated carbocycles. The number of aryl methyl sites for hydroxylation is 1. The van der Waals surface area contributed by atoms with E-state index in [2.05, 4.69) is 17.2 Å². The summed E-state index contributed by atoms with van der Waals surface area (Å²) in [6.07, 6.45) is 4.73. The molecule has 2 atom stereocenters. The fourth-order valence-corrected chi connectivity index (χ4v) is 3.38. The molecule has 0 radical (unpaired) electrons. The normalized spacial score (nSPS) is 21.2. The number of hydrogen-bond donors (Lipinski definition) is 1. The highest BCUT2D eigenvalue weighted by molar-refractivity contribution is 5.99. The van der Waals surface area contributed by atoms with Crippen LogP contribution in [0.3, 0.4) is 0 Å². The topological polar surface area (TPSA) is 51.2 Å². The summed E-state index contributed by atoms with van der Waals surface area (Å²) < 4.78 is 5.26. The van der Waals surface area contributed by atoms with Gasteiger partial charge in [-0.3, -0.25) is 9.78 Å². The van der Waals surface area contributed by atoms with Crippen LogP contribution in [0.5, 0.6) is 5.75 Å². The number of rotatable bonds is 3. The Hall–Kier alpha value is -2.10. The Morgan fingerprint density at radius 2 is 2.04 bits per heavy atom. The molecule has 4 heteroatoms. The van der Waals surface area contributed by atoms with Gasteiger partial charge in [0.25, 0.3) is 5.91 Å². The van der Waals surface area contributed by atoms with Gasteiger partial charge in [0.1, 0.15) is 5.75 Å². The van der Waals surface area contributed by atoms with E-state index in [0.717, 1.165) is 28.8 Å². The number of nitrogens with zero attached hydrogens (tertiary/aromatic N) is 1. The molecule has 4 nitrogen and oxygen atoms in total. The van der Waals surface area contributed by atoms with E-state index in [1.54, 1.807) is 7.11 Å². The minimum Gasteiger partial charge on any atom is -0.497 e. The molecule has 1 aromatic carbocycles. The number of aromatic nitrogens is 1. The van der Waals surface area contributed by atoms with Crippen LogP contribution in [-0.4, -0.2) is 24.0 Å². The first-order valence-electron chi connectivity index (χ1n) is 8.34. The van der Waals surface area contributed by atoms with Crippen LogP contribution in [0.25, 0.3) is 10.9 Å². The maximum atomic E-state index is 12.7. The van der Waals surface area contributed by atoms with Gasteiger partial charge in [-0.2, -0.15) is 0 Å². The number of methoxy groups -OCH3 is 1. The van der Waals surface area contributed by atoms with E-state index < -0.39 is 0 Å². The number of nitrogens with one attached hydrogen (secondary N) is 1. The molecule has 1 amide bonds. The number of carbonyl (C=O) groups excluding carboxylic acids is 1. The second kappa shape index (κ2) is 6.57. The van der Waals surface area contributed by atoms with E-state index in [-0.39, 0.29) is 11.9 Å². The van der Waals surface area contributed by atoms with Gasteiger partial charge < -0.3 is 10.1 Å². The molecule has 1 N–H and O–H groups in total. The maximum Gasteiger partial charge on any atom is 0.253 e. The summed E-state index contributed by atoms with van der Waals surface area (Å²) in [4.78, 5) is 17.3. The predicted octanol–water partition coefficient (Wildman–Crippen LogP) is 3.86. The summed E-state index contributed by atoms with van der Waals surface area (Å²) >= 11 is 0. The minimum absolute atomic E-state index is 0.0153. The molecular weight excluding hydrogens is 288 g/mol. The maximum absolute atomic E-state index is 12.7. The Labute approximate surface area is 137 Å². The predicted molar refractivity (Wildman–Crippen MR) is 91.9 cm³/mol. The van der Waals surface area contributed by atoms with Crippen molar-refractivity contribution in [2.45, 2.75) is 45.6 Å². The third kappa shape index (κ3) is 3.31. The van der Waals surface area contributed by atoms with Crippen LogP contribution in [0.4, 0.5) is 0 Å². The van der Waals surface area contributed by atoms with Gasteiger partial charge in [-0.1, -0.05) is 19.8 Å². The Bertz CT molecular complexity index is 727. The SMILES string of the molecule is COc1ccc2nc(C)c(C(=O)NC3CCCCC3C)cc2c1. The smallest absolute Gasteiger partial charge is 0.253 e. The number of carbonyl (C=O) groups is 1. The lowest BCUT2D eigenvalue weighted by molar-refractivity contribution is 0.0909. The van der Waals surface area contributed by atoms with Crippen LogP contribution in [-0.2, 0) is 0 Å². The number of ether oxygens (including phenoxy) is 1. The highest BCUT2D eigenvalue weighted by Crippen LogP contribution is 2.25. The molecule has 1 aromatic heterocycles. The van der Waals surface area contributed by atoms with Crippen LogP contribution in [0.2, 0.25) is 0 Å². The van der Waals surface area contributed by atoms with E-state index in [4.69, 9.17) is 4.74 Å². The Morgan fingerprint density at radius 3 is 2.78 bits per heavy atom. The van der Waals surface area contributed by atoms with Crippen molar-refractivity contribution in [3.8, 4) is 5.75 Å². The van der Waals surface area contributed by atoms with E-state index in [1.807, 2.05) is 31.2 Å². The molecule has 3 rings (SSSR count). The third-order valence-corrected chi connectivity index (χ3v) is 4.89. The molecule has 1 aliphatic carbocycles. The van der Waals surface area contributed by atoms with Gasteiger partial charge in [0.15, 0.2) is 0 Å². The van der Waals surface area contributed by atoms with Gasteiger partial charge in [0, 0.05) is 11.4 Å². The lowest BCUT2D eigenvalue weighted by atomic mass is 9.86. The van der Waals surface area contributed by atoms with E-state index in [9.17, 15) is 4.79 Å². The fourth-order valence-electron chi connectivity index (χ4n) is 3.38. The molecule has 0 saturated heterocycles. The zero-order valence-electron chi connectivity index (χ0n) is 14.1. The number of pyridine rings is 1. The van der Waals surface area contributed by atoms with Crippen molar-refractivity contribution in [2.75, 3.05) is 7.11 Å². The number of hydrogen-bond acceptors (Lipinski definition) is 3. The summed E-state index contributed by atoms with van der Waals surface area (Å²) in [5.74, 6) is 1.30. The first kappa shape index (κ1) is 15.8. The molecule has 1 heterocycles. The quantitative estimate of drug-likeness (QED) is 0.936. The van der Waals surface area contributed by atoms with Gasteiger partial charge in [-0.15, -0.1) is 0 Å². The van der Waals surface area contributed by atoms with Crippen molar-refractivity contribution in [3.05, 3.63) is 35.5 Å². The summed E-state index contributed by atoms with van der Waals surface area (Å²) in [5, 5.41) is 4.14. The lowest BCUT2D eigenvalue weighted by Crippen LogP contribution is -2.41. The van der Waals surface area contributed by atoms with Crippen LogP contribution in [0.1, 0.15) is 48.7 Å². The van der Waals surface area contributed by atoms with Gasteiger partial charge >= 0.3 is 0 Å². The zero-order chi connectivity index (χ0) is 16.4. The molecule has 23 heavy (non-hydrogen) atoms. The van der Waals surface area contributed by atoms with Crippen molar-refractivity contribution in [2.24, 2.45) is 5.92 Å². The van der Waals surface area contributed by atoms with Gasteiger partial charge in [0.2, 0.25) is 0 Å². The van der Waals surface area contributed by atoms with Crippen molar-refractivity contribution in [1.29, 1.82) is 0 Å². The van der Waals surface area contributed by atoms with E-state index >= 15 is 0 Å². The number of benzene rings is 1. The zero-order valence-corrected chi connectivity index (χ0v) is 14.1. The third-order valence-electron chi connectivity index (χ3n) is 4.89. The monoisotopic (exact) mass is 312 g/mol. The van der Waals surface area contributed by atoms with Gasteiger partial charge in [-0.25, -0.2) is 0 Å². The highest BCUT2D eigenvalue weighted by atomic mass is 16.5. The molecule has 1 fully saturated rings. The second-order valence-electron chi connectivity index (χ2n) is 6.52. The lowest BCUT2D eigenvalue weighted by Gasteiger charge is -2.29. The van der Waals surface area contributed by atoms with Crippen LogP contribution >= 0.6 is 0 Å². The van der Waals surface area contributed by atoms with Crippen molar-refractivity contribution in [3.63, 3.8) is 0 Å². The molecule has 2 unspecified atom stereocenters. The van der Waals surface area contributed by atoms with Gasteiger partial charge in [0.05, 0.1) is 23.9 Å². The summed E-state index contributed by atoms with van der Waals surface area (Å²) in [6.45, 7) is 4.11. The molecule has 1 aliphatic rings. The average molecular weight is 312 g/mol. The summed E-state index contributed by atoms with van der Waals surface area (Å²) in [5.41, 5.74) is 2.30. The average Bonchev–Trinajstić information content (AvgIpc) is 2.55. The van der Waals surface area contributed by atoms with Crippen LogP contribution in [0.15, 0.2) is 24.3 Å². The Balaban J connectivity index is 1.88. The van der Waals surface area contributed by atoms with Crippen molar-refractivity contribution < 1.29 is 9.53 Å². The standard InChI is InChI=1S/C19H24N2O2/c1-12-6-4-5-7-17(12)21-19(22)16-11-14-10-15(23-3)8-9-18(14)20-13(16)2/h8-12,17H,4-7H2,1-3H3,(H,21,22). The molecular formula is C19H24N2O2. The fraction of sp³-hybridized carbons (Fsp3) is 0.474. The first-order valence-corrected chi connectivity index (χ1v) is 8.34. The molecule has 122 valence electrons.